The number of halogens is 4. The van der Waals surface area contributed by atoms with Crippen molar-refractivity contribution in [2.75, 3.05) is 42.9 Å². The Morgan fingerprint density at radius 1 is 1.12 bits per heavy atom. The molecule has 58 heavy (non-hydrogen) atoms. The van der Waals surface area contributed by atoms with Crippen molar-refractivity contribution in [3.05, 3.63) is 86.4 Å². The summed E-state index contributed by atoms with van der Waals surface area (Å²) in [6, 6.07) is 7.56. The number of aryl methyl sites for hydroxylation is 1. The topological polar surface area (TPSA) is 256 Å². The van der Waals surface area contributed by atoms with Crippen LogP contribution in [0.4, 0.5) is 14.5 Å². The highest BCUT2D eigenvalue weighted by Gasteiger charge is 2.25. The zero-order valence-electron chi connectivity index (χ0n) is 31.9. The van der Waals surface area contributed by atoms with Crippen molar-refractivity contribution in [2.45, 2.75) is 38.3 Å². The zero-order chi connectivity index (χ0) is 44.2. The normalized spacial score (nSPS) is 12.2. The standard InChI is InChI=1S/C15H14Cl2N2O3.C12H9F2N5O2S.C3H8NO5P.C3H9S/c1-5-6-21-12-8-11(9(16)7-10(12)17)19-14(20)22-13(18-19)15(2,3)4;1-7-5-6-19-11(15-7)16-12(17-19)22(20,21)18-10-8(13)3-2-4-9(10)14;5-3(6)1-4-2-10(7,8)9;1-4(2)3/h1,7-8H,6H2,2-4H3;2-6,18H,1H3;4H,1-2H2,(H,5,6)(H2,7,8,9);1-3H3/q;;;+1/p-1. The number of para-hydroxylation sites is 1. The summed E-state index contributed by atoms with van der Waals surface area (Å²) in [7, 11) is -8.05. The van der Waals surface area contributed by atoms with E-state index in [0.717, 1.165) is 27.4 Å². The molecule has 0 aliphatic rings. The molecule has 3 heterocycles. The van der Waals surface area contributed by atoms with Crippen molar-refractivity contribution in [2.24, 2.45) is 0 Å². The summed E-state index contributed by atoms with van der Waals surface area (Å²) >= 11 is 12.2. The predicted octanol–water partition coefficient (Wildman–Crippen LogP) is 3.61. The van der Waals surface area contributed by atoms with E-state index in [1.54, 1.807) is 17.7 Å². The number of rotatable bonds is 10. The molecule has 0 spiro atoms. The van der Waals surface area contributed by atoms with Crippen molar-refractivity contribution in [1.82, 2.24) is 34.7 Å². The van der Waals surface area contributed by atoms with Gasteiger partial charge in [-0.15, -0.1) is 16.6 Å². The van der Waals surface area contributed by atoms with Gasteiger partial charge in [-0.3, -0.25) is 14.8 Å². The monoisotopic (exact) mass is 910 g/mol. The number of fused-ring (bicyclic) bond motifs is 1. The van der Waals surface area contributed by atoms with Crippen LogP contribution in [0.2, 0.25) is 10.0 Å². The SMILES string of the molecule is C#CCOc1cc(-n2nc(C(C)(C)C)oc2=O)c(Cl)cc1Cl.C[S+](C)C.Cc1ccn2nc(S(=O)(=O)Nc3c(F)cccc3F)nc2n1.O=C(O)CNCP(=O)([O-])O. The second kappa shape index (κ2) is 21.4. The van der Waals surface area contributed by atoms with E-state index in [2.05, 4.69) is 44.9 Å². The van der Waals surface area contributed by atoms with Gasteiger partial charge in [-0.2, -0.15) is 18.1 Å². The van der Waals surface area contributed by atoms with Crippen molar-refractivity contribution in [3.8, 4) is 23.8 Å². The molecule has 0 aliphatic heterocycles. The van der Waals surface area contributed by atoms with Gasteiger partial charge in [-0.25, -0.2) is 23.1 Å². The molecule has 0 amide bonds. The summed E-state index contributed by atoms with van der Waals surface area (Å²) in [6.07, 6.45) is 12.5. The Bertz CT molecular complexity index is 2440. The molecule has 18 nitrogen and oxygen atoms in total. The molecule has 316 valence electrons. The van der Waals surface area contributed by atoms with E-state index in [9.17, 15) is 36.2 Å². The highest BCUT2D eigenvalue weighted by molar-refractivity contribution is 7.94. The largest absolute Gasteiger partial charge is 0.778 e. The summed E-state index contributed by atoms with van der Waals surface area (Å²) in [5.74, 6) is -0.883. The minimum absolute atomic E-state index is 0.0434. The van der Waals surface area contributed by atoms with Gasteiger partial charge in [0.1, 0.15) is 37.3 Å². The lowest BCUT2D eigenvalue weighted by atomic mass is 9.97. The van der Waals surface area contributed by atoms with E-state index in [0.29, 0.717) is 33.9 Å². The summed E-state index contributed by atoms with van der Waals surface area (Å²) in [4.78, 5) is 47.5. The van der Waals surface area contributed by atoms with Crippen LogP contribution in [0.25, 0.3) is 11.5 Å². The lowest BCUT2D eigenvalue weighted by molar-refractivity contribution is -0.193. The van der Waals surface area contributed by atoms with Crippen LogP contribution < -0.4 is 25.4 Å². The smallest absolute Gasteiger partial charge is 0.442 e. The Morgan fingerprint density at radius 2 is 1.72 bits per heavy atom. The van der Waals surface area contributed by atoms with E-state index < -0.39 is 70.1 Å². The van der Waals surface area contributed by atoms with Crippen molar-refractivity contribution in [1.29, 1.82) is 0 Å². The van der Waals surface area contributed by atoms with Crippen LogP contribution in [-0.4, -0.2) is 92.0 Å². The maximum atomic E-state index is 13.5. The highest BCUT2D eigenvalue weighted by Crippen LogP contribution is 2.33. The van der Waals surface area contributed by atoms with E-state index in [4.69, 9.17) is 48.8 Å². The number of carboxylic acids is 1. The van der Waals surface area contributed by atoms with Crippen molar-refractivity contribution in [3.63, 3.8) is 0 Å². The molecule has 0 radical (unpaired) electrons. The molecule has 0 saturated carbocycles. The molecule has 5 aromatic rings. The maximum Gasteiger partial charge on any atom is 0.442 e. The van der Waals surface area contributed by atoms with E-state index >= 15 is 0 Å². The number of carboxylic acid groups (broad SMARTS) is 1. The average Bonchev–Trinajstić information content (AvgIpc) is 3.70. The fourth-order valence-corrected chi connectivity index (χ4v) is 5.55. The average molecular weight is 912 g/mol. The van der Waals surface area contributed by atoms with Crippen LogP contribution in [0, 0.1) is 30.9 Å². The van der Waals surface area contributed by atoms with Crippen LogP contribution >= 0.6 is 30.8 Å². The third-order valence-electron chi connectivity index (χ3n) is 6.08. The first-order chi connectivity index (χ1) is 26.7. The number of nitrogens with zero attached hydrogens (tertiary/aromatic N) is 6. The number of hydrogen-bond acceptors (Lipinski definition) is 13. The number of sulfonamides is 1. The molecule has 3 aromatic heterocycles. The quantitative estimate of drug-likeness (QED) is 0.0887. The lowest BCUT2D eigenvalue weighted by Gasteiger charge is -2.14. The second-order valence-corrected chi connectivity index (χ2v) is 19.2. The summed E-state index contributed by atoms with van der Waals surface area (Å²) < 4.78 is 75.8. The van der Waals surface area contributed by atoms with E-state index in [1.165, 1.54) is 18.3 Å². The number of nitrogens with one attached hydrogen (secondary N) is 2. The first-order valence-electron chi connectivity index (χ1n) is 16.0. The third-order valence-corrected chi connectivity index (χ3v) is 8.43. The zero-order valence-corrected chi connectivity index (χ0v) is 35.9. The van der Waals surface area contributed by atoms with Crippen LogP contribution in [0.5, 0.6) is 5.75 Å². The van der Waals surface area contributed by atoms with Crippen molar-refractivity contribution >= 4 is 69.2 Å². The number of benzene rings is 2. The Kier molecular flexibility index (Phi) is 18.3. The fraction of sp³-hybridized carbons (Fsp3) is 0.333. The predicted molar refractivity (Wildman–Crippen MR) is 213 cm³/mol. The molecular weight excluding hydrogens is 872 g/mol. The van der Waals surface area contributed by atoms with E-state index in [1.807, 2.05) is 26.1 Å². The van der Waals surface area contributed by atoms with Gasteiger partial charge in [0.15, 0.2) is 0 Å². The molecular formula is C33H39Cl2F2N8O10PS2. The summed E-state index contributed by atoms with van der Waals surface area (Å²) in [6.45, 7) is 6.92. The maximum absolute atomic E-state index is 13.5. The van der Waals surface area contributed by atoms with Gasteiger partial charge in [0.05, 0.1) is 47.3 Å². The van der Waals surface area contributed by atoms with Crippen LogP contribution in [0.3, 0.4) is 0 Å². The Balaban J connectivity index is 0.000000305. The number of aliphatic carboxylic acids is 1. The van der Waals surface area contributed by atoms with Gasteiger partial charge in [0.25, 0.3) is 21.0 Å². The molecule has 0 aliphatic carbocycles. The first kappa shape index (κ1) is 49.6. The molecule has 2 aromatic carbocycles. The molecule has 5 rings (SSSR count). The summed E-state index contributed by atoms with van der Waals surface area (Å²) in [5.41, 5.74) is -0.267. The number of terminal acetylenes is 1. The second-order valence-electron chi connectivity index (χ2n) is 12.8. The lowest BCUT2D eigenvalue weighted by Crippen LogP contribution is -2.25. The Hall–Kier alpha value is -4.59. The molecule has 0 bridgehead atoms. The summed E-state index contributed by atoms with van der Waals surface area (Å²) in [5, 5.41) is 17.8. The number of anilines is 1. The van der Waals surface area contributed by atoms with Gasteiger partial charge in [0.2, 0.25) is 5.89 Å². The number of ether oxygens (including phenoxy) is 1. The number of carbonyl (C=O) groups is 1. The van der Waals surface area contributed by atoms with Gasteiger partial charge < -0.3 is 28.6 Å². The molecule has 1 atom stereocenters. The molecule has 0 fully saturated rings. The Morgan fingerprint density at radius 3 is 2.24 bits per heavy atom. The van der Waals surface area contributed by atoms with E-state index in [-0.39, 0.29) is 22.4 Å². The molecule has 1 unspecified atom stereocenters. The first-order valence-corrected chi connectivity index (χ1v) is 22.5. The minimum Gasteiger partial charge on any atom is -0.778 e. The third kappa shape index (κ3) is 16.0. The molecule has 25 heteroatoms. The van der Waals surface area contributed by atoms with Gasteiger partial charge >= 0.3 is 11.7 Å². The number of hydrogen-bond donors (Lipinski definition) is 4. The fourth-order valence-electron chi connectivity index (χ4n) is 3.68. The van der Waals surface area contributed by atoms with Gasteiger partial charge in [-0.05, 0) is 42.1 Å². The van der Waals surface area contributed by atoms with Crippen LogP contribution in [-0.2, 0) is 35.7 Å². The van der Waals surface area contributed by atoms with Gasteiger partial charge in [0, 0.05) is 23.4 Å². The highest BCUT2D eigenvalue weighted by atomic mass is 35.5. The Labute approximate surface area is 344 Å². The minimum atomic E-state index is -4.35. The van der Waals surface area contributed by atoms with Crippen LogP contribution in [0.1, 0.15) is 32.4 Å². The van der Waals surface area contributed by atoms with Crippen LogP contribution in [0.15, 0.2) is 57.0 Å². The molecule has 4 N–H and O–H groups in total. The van der Waals surface area contributed by atoms with Crippen molar-refractivity contribution < 1.29 is 50.6 Å². The van der Waals surface area contributed by atoms with Gasteiger partial charge in [-0.1, -0.05) is 56.0 Å². The molecule has 0 saturated heterocycles. The number of aromatic nitrogens is 6.